The third-order valence-electron chi connectivity index (χ3n) is 1.86. The van der Waals surface area contributed by atoms with E-state index in [1.807, 2.05) is 6.92 Å². The molecule has 1 amide bonds. The fourth-order valence-electron chi connectivity index (χ4n) is 1.13. The smallest absolute Gasteiger partial charge is 0.412 e. The van der Waals surface area contributed by atoms with Crippen molar-refractivity contribution in [2.45, 2.75) is 13.3 Å². The molecule has 1 rings (SSSR count). The number of anilines is 1. The van der Waals surface area contributed by atoms with Gasteiger partial charge in [0, 0.05) is 5.69 Å². The molecule has 0 unspecified atom stereocenters. The van der Waals surface area contributed by atoms with Crippen LogP contribution in [-0.4, -0.2) is 12.2 Å². The minimum Gasteiger partial charge on any atom is -0.433 e. The first-order chi connectivity index (χ1) is 7.17. The van der Waals surface area contributed by atoms with E-state index in [2.05, 4.69) is 10.1 Å². The monoisotopic (exact) mass is 231 g/mol. The molecule has 82 valence electrons. The Morgan fingerprint density at radius 2 is 2.33 bits per heavy atom. The number of ether oxygens (including phenoxy) is 1. The zero-order valence-electron chi connectivity index (χ0n) is 8.22. The Hall–Kier alpha value is -1.29. The highest BCUT2D eigenvalue weighted by Crippen LogP contribution is 2.15. The molecule has 1 aromatic carbocycles. The number of hydrogen-bond donors (Lipinski definition) is 1. The summed E-state index contributed by atoms with van der Waals surface area (Å²) in [4.78, 5) is 11.0. The predicted molar refractivity (Wildman–Crippen MR) is 56.6 cm³/mol. The Labute approximate surface area is 92.2 Å². The lowest BCUT2D eigenvalue weighted by Crippen LogP contribution is -2.12. The van der Waals surface area contributed by atoms with Gasteiger partial charge in [0.15, 0.2) is 6.07 Å². The van der Waals surface area contributed by atoms with Crippen LogP contribution in [0.1, 0.15) is 12.5 Å². The molecule has 0 aromatic heterocycles. The molecule has 0 saturated heterocycles. The highest BCUT2D eigenvalue weighted by atomic mass is 35.5. The normalized spacial score (nSPS) is 9.80. The fraction of sp³-hybridized carbons (Fsp3) is 0.300. The number of hydrogen-bond acceptors (Lipinski definition) is 2. The van der Waals surface area contributed by atoms with Crippen LogP contribution in [0.5, 0.6) is 0 Å². The van der Waals surface area contributed by atoms with Crippen LogP contribution in [0, 0.1) is 5.82 Å². The Morgan fingerprint density at radius 3 is 2.93 bits per heavy atom. The Bertz CT molecular complexity index is 357. The molecule has 3 nitrogen and oxygen atoms in total. The van der Waals surface area contributed by atoms with Gasteiger partial charge in [0.1, 0.15) is 5.82 Å². The van der Waals surface area contributed by atoms with Gasteiger partial charge >= 0.3 is 6.09 Å². The van der Waals surface area contributed by atoms with Crippen molar-refractivity contribution in [3.8, 4) is 0 Å². The Balaban J connectivity index is 2.74. The molecule has 0 fully saturated rings. The van der Waals surface area contributed by atoms with Crippen LogP contribution in [0.3, 0.4) is 0 Å². The van der Waals surface area contributed by atoms with Crippen molar-refractivity contribution >= 4 is 23.4 Å². The quantitative estimate of drug-likeness (QED) is 0.812. The number of nitrogens with one attached hydrogen (secondary N) is 1. The summed E-state index contributed by atoms with van der Waals surface area (Å²) in [5, 5.41) is 2.43. The molecule has 0 saturated carbocycles. The lowest BCUT2D eigenvalue weighted by Gasteiger charge is -2.06. The molecule has 0 aliphatic rings. The van der Waals surface area contributed by atoms with Crippen molar-refractivity contribution in [3.05, 3.63) is 29.6 Å². The maximum Gasteiger partial charge on any atom is 0.412 e. The SMILES string of the molecule is CCc1cc(NC(=O)OCCl)ccc1F. The standard InChI is InChI=1S/C10H11ClFNO2/c1-2-7-5-8(3-4-9(7)12)13-10(14)15-6-11/h3-5H,2,6H2,1H3,(H,13,14). The van der Waals surface area contributed by atoms with E-state index in [9.17, 15) is 9.18 Å². The van der Waals surface area contributed by atoms with Gasteiger partial charge < -0.3 is 4.74 Å². The van der Waals surface area contributed by atoms with Crippen molar-refractivity contribution < 1.29 is 13.9 Å². The van der Waals surface area contributed by atoms with E-state index in [0.717, 1.165) is 0 Å². The van der Waals surface area contributed by atoms with Gasteiger partial charge in [-0.2, -0.15) is 0 Å². The molecule has 0 atom stereocenters. The summed E-state index contributed by atoms with van der Waals surface area (Å²) in [6, 6.07) is 4.11. The van der Waals surface area contributed by atoms with E-state index in [1.54, 1.807) is 6.07 Å². The molecule has 0 heterocycles. The van der Waals surface area contributed by atoms with Crippen LogP contribution in [0.25, 0.3) is 0 Å². The minimum atomic E-state index is -0.654. The van der Waals surface area contributed by atoms with Crippen molar-refractivity contribution in [2.75, 3.05) is 11.4 Å². The second-order valence-corrected chi connectivity index (χ2v) is 3.04. The molecule has 0 radical (unpaired) electrons. The summed E-state index contributed by atoms with van der Waals surface area (Å²) < 4.78 is 17.6. The number of rotatable bonds is 3. The first-order valence-electron chi connectivity index (χ1n) is 4.45. The minimum absolute atomic E-state index is 0.215. The zero-order valence-corrected chi connectivity index (χ0v) is 8.97. The zero-order chi connectivity index (χ0) is 11.3. The number of alkyl halides is 1. The molecular weight excluding hydrogens is 221 g/mol. The van der Waals surface area contributed by atoms with Crippen LogP contribution in [-0.2, 0) is 11.2 Å². The van der Waals surface area contributed by atoms with Gasteiger partial charge in [-0.3, -0.25) is 5.32 Å². The lowest BCUT2D eigenvalue weighted by molar-refractivity contribution is 0.180. The number of carbonyl (C=O) groups excluding carboxylic acids is 1. The largest absolute Gasteiger partial charge is 0.433 e. The number of aryl methyl sites for hydroxylation is 1. The van der Waals surface area contributed by atoms with Crippen LogP contribution < -0.4 is 5.32 Å². The average Bonchev–Trinajstić information content (AvgIpc) is 2.21. The fourth-order valence-corrected chi connectivity index (χ4v) is 1.23. The highest BCUT2D eigenvalue weighted by molar-refractivity contribution is 6.17. The molecule has 15 heavy (non-hydrogen) atoms. The van der Waals surface area contributed by atoms with Crippen LogP contribution in [0.4, 0.5) is 14.9 Å². The van der Waals surface area contributed by atoms with Crippen molar-refractivity contribution in [3.63, 3.8) is 0 Å². The number of amides is 1. The number of benzene rings is 1. The molecule has 0 aliphatic heterocycles. The van der Waals surface area contributed by atoms with E-state index in [-0.39, 0.29) is 11.9 Å². The van der Waals surface area contributed by atoms with Crippen molar-refractivity contribution in [2.24, 2.45) is 0 Å². The summed E-state index contributed by atoms with van der Waals surface area (Å²) in [5.74, 6) is -0.284. The van der Waals surface area contributed by atoms with Gasteiger partial charge in [0.2, 0.25) is 0 Å². The van der Waals surface area contributed by atoms with Crippen LogP contribution in [0.2, 0.25) is 0 Å². The molecule has 1 N–H and O–H groups in total. The molecule has 1 aromatic rings. The van der Waals surface area contributed by atoms with E-state index in [0.29, 0.717) is 17.7 Å². The maximum atomic E-state index is 13.1. The van der Waals surface area contributed by atoms with Gasteiger partial charge in [-0.25, -0.2) is 9.18 Å². The molecule has 5 heteroatoms. The van der Waals surface area contributed by atoms with E-state index in [1.165, 1.54) is 12.1 Å². The second kappa shape index (κ2) is 5.56. The van der Waals surface area contributed by atoms with Gasteiger partial charge in [-0.15, -0.1) is 0 Å². The molecule has 0 spiro atoms. The third-order valence-corrected chi connectivity index (χ3v) is 1.97. The number of carbonyl (C=O) groups is 1. The first kappa shape index (κ1) is 11.8. The van der Waals surface area contributed by atoms with Crippen LogP contribution in [0.15, 0.2) is 18.2 Å². The second-order valence-electron chi connectivity index (χ2n) is 2.83. The molecule has 0 bridgehead atoms. The average molecular weight is 232 g/mol. The summed E-state index contributed by atoms with van der Waals surface area (Å²) in [5.41, 5.74) is 1.03. The molecular formula is C10H11ClFNO2. The topological polar surface area (TPSA) is 38.3 Å². The van der Waals surface area contributed by atoms with Gasteiger partial charge in [-0.1, -0.05) is 18.5 Å². The first-order valence-corrected chi connectivity index (χ1v) is 4.99. The van der Waals surface area contributed by atoms with E-state index < -0.39 is 6.09 Å². The van der Waals surface area contributed by atoms with Crippen molar-refractivity contribution in [1.29, 1.82) is 0 Å². The predicted octanol–water partition coefficient (Wildman–Crippen LogP) is 3.13. The van der Waals surface area contributed by atoms with Gasteiger partial charge in [-0.05, 0) is 30.2 Å². The molecule has 0 aliphatic carbocycles. The summed E-state index contributed by atoms with van der Waals surface area (Å²) in [6.07, 6.45) is -0.0926. The third kappa shape index (κ3) is 3.40. The van der Waals surface area contributed by atoms with E-state index in [4.69, 9.17) is 11.6 Å². The number of halogens is 2. The van der Waals surface area contributed by atoms with Crippen molar-refractivity contribution in [1.82, 2.24) is 0 Å². The highest BCUT2D eigenvalue weighted by Gasteiger charge is 2.05. The summed E-state index contributed by atoms with van der Waals surface area (Å²) in [6.45, 7) is 1.83. The van der Waals surface area contributed by atoms with Crippen LogP contribution >= 0.6 is 11.6 Å². The Kier molecular flexibility index (Phi) is 4.37. The van der Waals surface area contributed by atoms with E-state index >= 15 is 0 Å². The summed E-state index contributed by atoms with van der Waals surface area (Å²) in [7, 11) is 0. The van der Waals surface area contributed by atoms with Gasteiger partial charge in [0.25, 0.3) is 0 Å². The maximum absolute atomic E-state index is 13.1. The lowest BCUT2D eigenvalue weighted by atomic mass is 10.1. The Morgan fingerprint density at radius 1 is 1.60 bits per heavy atom. The summed E-state index contributed by atoms with van der Waals surface area (Å²) >= 11 is 5.20. The van der Waals surface area contributed by atoms with Gasteiger partial charge in [0.05, 0.1) is 0 Å².